The maximum atomic E-state index is 12.4. The van der Waals surface area contributed by atoms with Gasteiger partial charge in [0.1, 0.15) is 0 Å². The number of carbonyl (C=O) groups excluding carboxylic acids is 1. The molecule has 1 amide bonds. The van der Waals surface area contributed by atoms with E-state index < -0.39 is 0 Å². The monoisotopic (exact) mass is 266 g/mol. The Balaban J connectivity index is 2.16. The molecule has 4 heteroatoms. The minimum atomic E-state index is 0.0557. The van der Waals surface area contributed by atoms with Gasteiger partial charge >= 0.3 is 0 Å². The number of unbranched alkanes of at least 4 members (excludes halogenated alkanes) is 1. The van der Waals surface area contributed by atoms with Crippen molar-refractivity contribution in [2.75, 3.05) is 12.3 Å². The fraction of sp³-hybridized carbons (Fsp3) is 0.500. The fourth-order valence-corrected chi connectivity index (χ4v) is 2.31. The maximum Gasteiger partial charge on any atom is 0.254 e. The third-order valence-corrected chi connectivity index (χ3v) is 3.39. The molecule has 0 aromatic heterocycles. The van der Waals surface area contributed by atoms with E-state index in [2.05, 4.69) is 6.92 Å². The summed E-state index contributed by atoms with van der Waals surface area (Å²) >= 11 is 5.95. The van der Waals surface area contributed by atoms with Crippen molar-refractivity contribution in [1.29, 1.82) is 0 Å². The first kappa shape index (κ1) is 13.2. The summed E-state index contributed by atoms with van der Waals surface area (Å²) in [5.74, 6) is 0.0557. The number of amides is 1. The summed E-state index contributed by atoms with van der Waals surface area (Å²) in [4.78, 5) is 14.4. The number of nitrogens with two attached hydrogens (primary N) is 1. The molecule has 2 rings (SSSR count). The quantitative estimate of drug-likeness (QED) is 0.831. The minimum Gasteiger partial charge on any atom is -0.399 e. The molecule has 1 aliphatic carbocycles. The third kappa shape index (κ3) is 3.16. The van der Waals surface area contributed by atoms with Crippen LogP contribution in [0.2, 0.25) is 5.02 Å². The highest BCUT2D eigenvalue weighted by Crippen LogP contribution is 2.29. The molecule has 3 nitrogen and oxygen atoms in total. The maximum absolute atomic E-state index is 12.4. The lowest BCUT2D eigenvalue weighted by Crippen LogP contribution is -2.34. The average Bonchev–Trinajstić information content (AvgIpc) is 3.12. The van der Waals surface area contributed by atoms with Crippen LogP contribution in [0.15, 0.2) is 18.2 Å². The van der Waals surface area contributed by atoms with Gasteiger partial charge in [0.25, 0.3) is 5.91 Å². The first-order valence-corrected chi connectivity index (χ1v) is 6.86. The van der Waals surface area contributed by atoms with E-state index in [0.29, 0.717) is 22.3 Å². The van der Waals surface area contributed by atoms with Gasteiger partial charge in [-0.2, -0.15) is 0 Å². The highest BCUT2D eigenvalue weighted by molar-refractivity contribution is 6.31. The standard InChI is InChI=1S/C14H19ClN2O/c1-2-3-6-17(13-4-5-13)14(18)10-7-11(15)9-12(16)8-10/h7-9,13H,2-6,16H2,1H3. The van der Waals surface area contributed by atoms with E-state index in [1.54, 1.807) is 18.2 Å². The van der Waals surface area contributed by atoms with Crippen LogP contribution < -0.4 is 5.73 Å². The Bertz CT molecular complexity index is 423. The molecule has 0 atom stereocenters. The number of rotatable bonds is 5. The molecule has 1 aromatic rings. The summed E-state index contributed by atoms with van der Waals surface area (Å²) in [6, 6.07) is 5.48. The zero-order valence-corrected chi connectivity index (χ0v) is 11.4. The SMILES string of the molecule is CCCCN(C(=O)c1cc(N)cc(Cl)c1)C1CC1. The lowest BCUT2D eigenvalue weighted by Gasteiger charge is -2.22. The first-order chi connectivity index (χ1) is 8.61. The second-order valence-electron chi connectivity index (χ2n) is 4.86. The van der Waals surface area contributed by atoms with E-state index in [9.17, 15) is 4.79 Å². The summed E-state index contributed by atoms with van der Waals surface area (Å²) < 4.78 is 0. The number of hydrogen-bond donors (Lipinski definition) is 1. The van der Waals surface area contributed by atoms with E-state index in [0.717, 1.165) is 32.2 Å². The molecule has 1 saturated carbocycles. The van der Waals surface area contributed by atoms with E-state index in [-0.39, 0.29) is 5.91 Å². The van der Waals surface area contributed by atoms with Crippen molar-refractivity contribution in [3.8, 4) is 0 Å². The Morgan fingerprint density at radius 3 is 2.72 bits per heavy atom. The predicted octanol–water partition coefficient (Wildman–Crippen LogP) is 3.33. The number of carbonyl (C=O) groups is 1. The molecule has 0 bridgehead atoms. The molecule has 0 unspecified atom stereocenters. The first-order valence-electron chi connectivity index (χ1n) is 6.49. The number of hydrogen-bond acceptors (Lipinski definition) is 2. The largest absolute Gasteiger partial charge is 0.399 e. The van der Waals surface area contributed by atoms with E-state index in [1.807, 2.05) is 4.90 Å². The van der Waals surface area contributed by atoms with Crippen molar-refractivity contribution < 1.29 is 4.79 Å². The zero-order valence-electron chi connectivity index (χ0n) is 10.7. The summed E-state index contributed by atoms with van der Waals surface area (Å²) in [5, 5.41) is 0.518. The second kappa shape index (κ2) is 5.61. The fourth-order valence-electron chi connectivity index (χ4n) is 2.07. The van der Waals surface area contributed by atoms with Crippen LogP contribution in [0.4, 0.5) is 5.69 Å². The number of anilines is 1. The lowest BCUT2D eigenvalue weighted by molar-refractivity contribution is 0.0741. The van der Waals surface area contributed by atoms with E-state index in [4.69, 9.17) is 17.3 Å². The Hall–Kier alpha value is -1.22. The highest BCUT2D eigenvalue weighted by Gasteiger charge is 2.32. The molecular formula is C14H19ClN2O. The smallest absolute Gasteiger partial charge is 0.254 e. The Labute approximate surface area is 113 Å². The van der Waals surface area contributed by atoms with Crippen LogP contribution in [0.3, 0.4) is 0 Å². The topological polar surface area (TPSA) is 46.3 Å². The van der Waals surface area contributed by atoms with Crippen LogP contribution in [-0.2, 0) is 0 Å². The summed E-state index contributed by atoms with van der Waals surface area (Å²) in [5.41, 5.74) is 6.87. The predicted molar refractivity (Wildman–Crippen MR) is 74.8 cm³/mol. The summed E-state index contributed by atoms with van der Waals surface area (Å²) in [7, 11) is 0. The van der Waals surface area contributed by atoms with Crippen molar-refractivity contribution >= 4 is 23.2 Å². The molecule has 0 heterocycles. The number of nitrogen functional groups attached to an aromatic ring is 1. The van der Waals surface area contributed by atoms with Crippen LogP contribution in [0.5, 0.6) is 0 Å². The van der Waals surface area contributed by atoms with Crippen LogP contribution in [0.1, 0.15) is 43.0 Å². The Kier molecular flexibility index (Phi) is 4.12. The molecule has 98 valence electrons. The summed E-state index contributed by atoms with van der Waals surface area (Å²) in [6.45, 7) is 2.96. The summed E-state index contributed by atoms with van der Waals surface area (Å²) in [6.07, 6.45) is 4.36. The third-order valence-electron chi connectivity index (χ3n) is 3.17. The Morgan fingerprint density at radius 2 is 2.17 bits per heavy atom. The molecule has 18 heavy (non-hydrogen) atoms. The van der Waals surface area contributed by atoms with Gasteiger partial charge in [-0.3, -0.25) is 4.79 Å². The van der Waals surface area contributed by atoms with Crippen LogP contribution in [-0.4, -0.2) is 23.4 Å². The van der Waals surface area contributed by atoms with Crippen molar-refractivity contribution in [2.24, 2.45) is 0 Å². The van der Waals surface area contributed by atoms with Crippen molar-refractivity contribution in [1.82, 2.24) is 4.90 Å². The molecule has 2 N–H and O–H groups in total. The van der Waals surface area contributed by atoms with Crippen LogP contribution in [0, 0.1) is 0 Å². The molecule has 0 radical (unpaired) electrons. The number of benzene rings is 1. The van der Waals surface area contributed by atoms with Crippen molar-refractivity contribution in [3.05, 3.63) is 28.8 Å². The van der Waals surface area contributed by atoms with Gasteiger partial charge in [-0.15, -0.1) is 0 Å². The van der Waals surface area contributed by atoms with Gasteiger partial charge in [0, 0.05) is 28.9 Å². The molecule has 1 aliphatic rings. The van der Waals surface area contributed by atoms with Gasteiger partial charge in [-0.25, -0.2) is 0 Å². The zero-order chi connectivity index (χ0) is 13.1. The van der Waals surface area contributed by atoms with Gasteiger partial charge in [0.2, 0.25) is 0 Å². The molecule has 1 aromatic carbocycles. The molecule has 0 saturated heterocycles. The normalized spacial score (nSPS) is 14.6. The van der Waals surface area contributed by atoms with Crippen molar-refractivity contribution in [2.45, 2.75) is 38.6 Å². The van der Waals surface area contributed by atoms with Gasteiger partial charge in [0.15, 0.2) is 0 Å². The molecule has 0 spiro atoms. The van der Waals surface area contributed by atoms with Gasteiger partial charge in [-0.1, -0.05) is 24.9 Å². The van der Waals surface area contributed by atoms with Crippen LogP contribution in [0.25, 0.3) is 0 Å². The Morgan fingerprint density at radius 1 is 1.44 bits per heavy atom. The molecule has 0 aliphatic heterocycles. The molecule has 1 fully saturated rings. The molecular weight excluding hydrogens is 248 g/mol. The minimum absolute atomic E-state index is 0.0557. The number of halogens is 1. The number of nitrogens with zero attached hydrogens (tertiary/aromatic N) is 1. The lowest BCUT2D eigenvalue weighted by atomic mass is 10.1. The van der Waals surface area contributed by atoms with Crippen molar-refractivity contribution in [3.63, 3.8) is 0 Å². The van der Waals surface area contributed by atoms with Gasteiger partial charge in [-0.05, 0) is 37.5 Å². The van der Waals surface area contributed by atoms with Gasteiger partial charge < -0.3 is 10.6 Å². The second-order valence-corrected chi connectivity index (χ2v) is 5.29. The highest BCUT2D eigenvalue weighted by atomic mass is 35.5. The van der Waals surface area contributed by atoms with E-state index in [1.165, 1.54) is 0 Å². The average molecular weight is 267 g/mol. The van der Waals surface area contributed by atoms with Crippen LogP contribution >= 0.6 is 11.6 Å². The van der Waals surface area contributed by atoms with E-state index >= 15 is 0 Å². The van der Waals surface area contributed by atoms with Gasteiger partial charge in [0.05, 0.1) is 0 Å².